The van der Waals surface area contributed by atoms with E-state index in [9.17, 15) is 4.79 Å². The fraction of sp³-hybridized carbons (Fsp3) is 0.462. The Hall–Kier alpha value is -1.55. The lowest BCUT2D eigenvalue weighted by Crippen LogP contribution is -2.22. The Morgan fingerprint density at radius 2 is 2.29 bits per heavy atom. The summed E-state index contributed by atoms with van der Waals surface area (Å²) < 4.78 is 5.33. The Kier molecular flexibility index (Phi) is 3.64. The van der Waals surface area contributed by atoms with Gasteiger partial charge in [-0.25, -0.2) is 0 Å². The summed E-state index contributed by atoms with van der Waals surface area (Å²) in [6, 6.07) is 6.09. The number of amides is 1. The highest BCUT2D eigenvalue weighted by Crippen LogP contribution is 2.21. The van der Waals surface area contributed by atoms with Crippen molar-refractivity contribution in [2.45, 2.75) is 19.4 Å². The van der Waals surface area contributed by atoms with Crippen LogP contribution in [-0.4, -0.2) is 32.2 Å². The summed E-state index contributed by atoms with van der Waals surface area (Å²) in [6.45, 7) is 3.51. The van der Waals surface area contributed by atoms with E-state index in [2.05, 4.69) is 10.6 Å². The van der Waals surface area contributed by atoms with Crippen LogP contribution in [-0.2, 0) is 4.74 Å². The summed E-state index contributed by atoms with van der Waals surface area (Å²) in [5.41, 5.74) is 2.72. The fourth-order valence-corrected chi connectivity index (χ4v) is 2.04. The zero-order valence-corrected chi connectivity index (χ0v) is 10.2. The van der Waals surface area contributed by atoms with E-state index in [-0.39, 0.29) is 5.91 Å². The summed E-state index contributed by atoms with van der Waals surface area (Å²) in [7, 11) is 1.65. The maximum Gasteiger partial charge on any atom is 0.251 e. The molecule has 0 radical (unpaired) electrons. The average molecular weight is 234 g/mol. The minimum Gasteiger partial charge on any atom is -0.380 e. The second kappa shape index (κ2) is 5.19. The standard InChI is InChI=1S/C13H18N2O2/c1-9-11(13(16)14-2)4-3-5-12(9)15-10-6-7-17-8-10/h3-5,10,15H,6-8H2,1-2H3,(H,14,16). The van der Waals surface area contributed by atoms with Gasteiger partial charge in [0.25, 0.3) is 5.91 Å². The topological polar surface area (TPSA) is 50.4 Å². The number of rotatable bonds is 3. The lowest BCUT2D eigenvalue weighted by Gasteiger charge is -2.16. The molecule has 1 aliphatic heterocycles. The molecule has 0 saturated carbocycles. The first-order valence-corrected chi connectivity index (χ1v) is 5.88. The molecule has 1 aliphatic rings. The Labute approximate surface area is 101 Å². The SMILES string of the molecule is CNC(=O)c1cccc(NC2CCOC2)c1C. The van der Waals surface area contributed by atoms with Gasteiger partial charge in [0.15, 0.2) is 0 Å². The molecule has 92 valence electrons. The number of carbonyl (C=O) groups is 1. The van der Waals surface area contributed by atoms with Gasteiger partial charge >= 0.3 is 0 Å². The monoisotopic (exact) mass is 234 g/mol. The third-order valence-electron chi connectivity index (χ3n) is 3.09. The van der Waals surface area contributed by atoms with Crippen LogP contribution in [0, 0.1) is 6.92 Å². The van der Waals surface area contributed by atoms with Gasteiger partial charge in [-0.1, -0.05) is 6.07 Å². The van der Waals surface area contributed by atoms with Crippen LogP contribution in [0.15, 0.2) is 18.2 Å². The van der Waals surface area contributed by atoms with Crippen LogP contribution in [0.2, 0.25) is 0 Å². The first kappa shape index (κ1) is 11.9. The van der Waals surface area contributed by atoms with Crippen molar-refractivity contribution in [2.24, 2.45) is 0 Å². The molecule has 1 atom stereocenters. The van der Waals surface area contributed by atoms with Gasteiger partial charge < -0.3 is 15.4 Å². The van der Waals surface area contributed by atoms with Crippen LogP contribution in [0.3, 0.4) is 0 Å². The molecule has 0 aliphatic carbocycles. The second-order valence-electron chi connectivity index (χ2n) is 4.26. The van der Waals surface area contributed by atoms with E-state index in [4.69, 9.17) is 4.74 Å². The molecule has 17 heavy (non-hydrogen) atoms. The molecular formula is C13H18N2O2. The Morgan fingerprint density at radius 3 is 2.94 bits per heavy atom. The van der Waals surface area contributed by atoms with Crippen LogP contribution in [0.25, 0.3) is 0 Å². The van der Waals surface area contributed by atoms with Crippen molar-refractivity contribution >= 4 is 11.6 Å². The van der Waals surface area contributed by atoms with Gasteiger partial charge in [-0.15, -0.1) is 0 Å². The first-order valence-electron chi connectivity index (χ1n) is 5.88. The quantitative estimate of drug-likeness (QED) is 0.834. The van der Waals surface area contributed by atoms with E-state index in [0.717, 1.165) is 36.4 Å². The van der Waals surface area contributed by atoms with Crippen molar-refractivity contribution in [3.8, 4) is 0 Å². The summed E-state index contributed by atoms with van der Waals surface area (Å²) in [5.74, 6) is -0.0474. The highest BCUT2D eigenvalue weighted by molar-refractivity contribution is 5.96. The maximum atomic E-state index is 11.7. The Bertz CT molecular complexity index is 412. The maximum absolute atomic E-state index is 11.7. The molecule has 2 rings (SSSR count). The van der Waals surface area contributed by atoms with E-state index < -0.39 is 0 Å². The molecule has 1 saturated heterocycles. The smallest absolute Gasteiger partial charge is 0.251 e. The summed E-state index contributed by atoms with van der Waals surface area (Å²) in [5, 5.41) is 6.08. The second-order valence-corrected chi connectivity index (χ2v) is 4.26. The number of anilines is 1. The highest BCUT2D eigenvalue weighted by Gasteiger charge is 2.17. The number of hydrogen-bond acceptors (Lipinski definition) is 3. The molecule has 4 nitrogen and oxygen atoms in total. The van der Waals surface area contributed by atoms with Crippen molar-refractivity contribution in [3.05, 3.63) is 29.3 Å². The molecule has 1 heterocycles. The van der Waals surface area contributed by atoms with E-state index in [1.54, 1.807) is 7.05 Å². The fourth-order valence-electron chi connectivity index (χ4n) is 2.04. The number of ether oxygens (including phenoxy) is 1. The van der Waals surface area contributed by atoms with Gasteiger partial charge in [-0.05, 0) is 31.0 Å². The van der Waals surface area contributed by atoms with Crippen LogP contribution in [0.5, 0.6) is 0 Å². The third-order valence-corrected chi connectivity index (χ3v) is 3.09. The molecule has 1 unspecified atom stereocenters. The van der Waals surface area contributed by atoms with Gasteiger partial charge in [-0.2, -0.15) is 0 Å². The van der Waals surface area contributed by atoms with Crippen molar-refractivity contribution in [1.29, 1.82) is 0 Å². The molecule has 4 heteroatoms. The zero-order valence-electron chi connectivity index (χ0n) is 10.2. The zero-order chi connectivity index (χ0) is 12.3. The summed E-state index contributed by atoms with van der Waals surface area (Å²) in [4.78, 5) is 11.7. The van der Waals surface area contributed by atoms with Crippen molar-refractivity contribution < 1.29 is 9.53 Å². The number of nitrogens with one attached hydrogen (secondary N) is 2. The number of hydrogen-bond donors (Lipinski definition) is 2. The molecule has 1 aromatic rings. The van der Waals surface area contributed by atoms with Gasteiger partial charge in [0.05, 0.1) is 12.6 Å². The van der Waals surface area contributed by atoms with Crippen LogP contribution in [0.1, 0.15) is 22.3 Å². The van der Waals surface area contributed by atoms with Gasteiger partial charge in [0.1, 0.15) is 0 Å². The molecule has 1 aromatic carbocycles. The molecule has 2 N–H and O–H groups in total. The van der Waals surface area contributed by atoms with Crippen molar-refractivity contribution in [1.82, 2.24) is 5.32 Å². The summed E-state index contributed by atoms with van der Waals surface area (Å²) >= 11 is 0. The van der Waals surface area contributed by atoms with Crippen molar-refractivity contribution in [3.63, 3.8) is 0 Å². The van der Waals surface area contributed by atoms with Crippen LogP contribution >= 0.6 is 0 Å². The minimum atomic E-state index is -0.0474. The lowest BCUT2D eigenvalue weighted by atomic mass is 10.1. The lowest BCUT2D eigenvalue weighted by molar-refractivity contribution is 0.0962. The predicted octanol–water partition coefficient (Wildman–Crippen LogP) is 1.56. The Morgan fingerprint density at radius 1 is 1.47 bits per heavy atom. The molecule has 1 fully saturated rings. The third kappa shape index (κ3) is 2.58. The normalized spacial score (nSPS) is 19.1. The predicted molar refractivity (Wildman–Crippen MR) is 67.4 cm³/mol. The molecule has 0 bridgehead atoms. The largest absolute Gasteiger partial charge is 0.380 e. The molecule has 1 amide bonds. The van der Waals surface area contributed by atoms with Crippen LogP contribution in [0.4, 0.5) is 5.69 Å². The van der Waals surface area contributed by atoms with Crippen LogP contribution < -0.4 is 10.6 Å². The Balaban J connectivity index is 2.19. The van der Waals surface area contributed by atoms with E-state index in [1.165, 1.54) is 0 Å². The van der Waals surface area contributed by atoms with Gasteiger partial charge in [-0.3, -0.25) is 4.79 Å². The summed E-state index contributed by atoms with van der Waals surface area (Å²) in [6.07, 6.45) is 1.02. The van der Waals surface area contributed by atoms with E-state index in [0.29, 0.717) is 6.04 Å². The molecular weight excluding hydrogens is 216 g/mol. The number of benzene rings is 1. The van der Waals surface area contributed by atoms with Crippen molar-refractivity contribution in [2.75, 3.05) is 25.6 Å². The highest BCUT2D eigenvalue weighted by atomic mass is 16.5. The average Bonchev–Trinajstić information content (AvgIpc) is 2.84. The first-order chi connectivity index (χ1) is 8.22. The van der Waals surface area contributed by atoms with E-state index >= 15 is 0 Å². The minimum absolute atomic E-state index is 0.0474. The van der Waals surface area contributed by atoms with Gasteiger partial charge in [0, 0.05) is 24.9 Å². The molecule has 0 spiro atoms. The van der Waals surface area contributed by atoms with E-state index in [1.807, 2.05) is 25.1 Å². The molecule has 0 aromatic heterocycles. The van der Waals surface area contributed by atoms with Gasteiger partial charge in [0.2, 0.25) is 0 Å². The number of carbonyl (C=O) groups excluding carboxylic acids is 1.